The minimum atomic E-state index is -0.342. The SMILES string of the molecule is CCc1cc(Br)ccc1OCC(C)(C)[Si](C)C. The molecular weight excluding hydrogens is 292 g/mol. The zero-order chi connectivity index (χ0) is 13.1. The molecular formula is C14H22BrOSi. The van der Waals surface area contributed by atoms with Gasteiger partial charge < -0.3 is 4.74 Å². The monoisotopic (exact) mass is 313 g/mol. The third kappa shape index (κ3) is 4.14. The molecule has 0 heterocycles. The lowest BCUT2D eigenvalue weighted by Crippen LogP contribution is -2.27. The van der Waals surface area contributed by atoms with E-state index >= 15 is 0 Å². The molecule has 1 rings (SSSR count). The summed E-state index contributed by atoms with van der Waals surface area (Å²) in [5, 5.41) is 0.308. The van der Waals surface area contributed by atoms with Crippen molar-refractivity contribution in [3.8, 4) is 5.75 Å². The van der Waals surface area contributed by atoms with E-state index in [0.717, 1.165) is 23.2 Å². The van der Waals surface area contributed by atoms with Gasteiger partial charge in [-0.25, -0.2) is 0 Å². The zero-order valence-electron chi connectivity index (χ0n) is 11.4. The van der Waals surface area contributed by atoms with Crippen LogP contribution in [-0.2, 0) is 6.42 Å². The van der Waals surface area contributed by atoms with Gasteiger partial charge in [0.15, 0.2) is 0 Å². The molecule has 0 bridgehead atoms. The zero-order valence-corrected chi connectivity index (χ0v) is 14.0. The van der Waals surface area contributed by atoms with Crippen molar-refractivity contribution in [3.63, 3.8) is 0 Å². The lowest BCUT2D eigenvalue weighted by Gasteiger charge is -2.28. The first-order valence-electron chi connectivity index (χ1n) is 6.08. The number of hydrogen-bond donors (Lipinski definition) is 0. The summed E-state index contributed by atoms with van der Waals surface area (Å²) in [7, 11) is -0.342. The molecule has 17 heavy (non-hydrogen) atoms. The Morgan fingerprint density at radius 2 is 1.94 bits per heavy atom. The predicted molar refractivity (Wildman–Crippen MR) is 80.5 cm³/mol. The van der Waals surface area contributed by atoms with Gasteiger partial charge in [0.25, 0.3) is 0 Å². The van der Waals surface area contributed by atoms with Gasteiger partial charge in [-0.2, -0.15) is 0 Å². The van der Waals surface area contributed by atoms with Crippen molar-refractivity contribution in [1.82, 2.24) is 0 Å². The number of rotatable bonds is 5. The maximum absolute atomic E-state index is 6.01. The van der Waals surface area contributed by atoms with Crippen molar-refractivity contribution < 1.29 is 4.74 Å². The van der Waals surface area contributed by atoms with Gasteiger partial charge >= 0.3 is 0 Å². The van der Waals surface area contributed by atoms with Gasteiger partial charge in [0, 0.05) is 4.47 Å². The Balaban J connectivity index is 2.76. The topological polar surface area (TPSA) is 9.23 Å². The molecule has 3 heteroatoms. The third-order valence-electron chi connectivity index (χ3n) is 3.35. The number of benzene rings is 1. The first-order valence-corrected chi connectivity index (χ1v) is 9.38. The summed E-state index contributed by atoms with van der Waals surface area (Å²) in [4.78, 5) is 0. The van der Waals surface area contributed by atoms with Crippen molar-refractivity contribution in [1.29, 1.82) is 0 Å². The third-order valence-corrected chi connectivity index (χ3v) is 6.69. The van der Waals surface area contributed by atoms with Gasteiger partial charge in [-0.15, -0.1) is 0 Å². The van der Waals surface area contributed by atoms with E-state index in [1.54, 1.807) is 0 Å². The fourth-order valence-electron chi connectivity index (χ4n) is 1.37. The number of hydrogen-bond acceptors (Lipinski definition) is 1. The van der Waals surface area contributed by atoms with Crippen LogP contribution in [0.3, 0.4) is 0 Å². The molecule has 1 aromatic rings. The van der Waals surface area contributed by atoms with Crippen molar-refractivity contribution >= 4 is 24.7 Å². The Hall–Kier alpha value is -0.283. The highest BCUT2D eigenvalue weighted by Gasteiger charge is 2.24. The highest BCUT2D eigenvalue weighted by molar-refractivity contribution is 9.10. The Kier molecular flexibility index (Phi) is 5.26. The van der Waals surface area contributed by atoms with Gasteiger partial charge in [0.1, 0.15) is 5.75 Å². The smallest absolute Gasteiger partial charge is 0.122 e. The average molecular weight is 314 g/mol. The molecule has 0 saturated heterocycles. The molecule has 0 spiro atoms. The molecule has 0 saturated carbocycles. The first-order chi connectivity index (χ1) is 7.86. The highest BCUT2D eigenvalue weighted by Crippen LogP contribution is 2.31. The lowest BCUT2D eigenvalue weighted by atomic mass is 10.1. The molecule has 1 aromatic carbocycles. The van der Waals surface area contributed by atoms with Crippen LogP contribution in [0, 0.1) is 0 Å². The molecule has 0 fully saturated rings. The fourth-order valence-corrected chi connectivity index (χ4v) is 2.14. The van der Waals surface area contributed by atoms with E-state index in [1.807, 2.05) is 6.07 Å². The van der Waals surface area contributed by atoms with Gasteiger partial charge in [0.05, 0.1) is 15.4 Å². The van der Waals surface area contributed by atoms with Crippen molar-refractivity contribution in [2.24, 2.45) is 0 Å². The van der Waals surface area contributed by atoms with Gasteiger partial charge in [0.2, 0.25) is 0 Å². The maximum atomic E-state index is 6.01. The maximum Gasteiger partial charge on any atom is 0.122 e. The van der Waals surface area contributed by atoms with E-state index in [-0.39, 0.29) is 8.80 Å². The summed E-state index contributed by atoms with van der Waals surface area (Å²) >= 11 is 3.50. The predicted octanol–water partition coefficient (Wildman–Crippen LogP) is 4.92. The van der Waals surface area contributed by atoms with E-state index in [2.05, 4.69) is 61.9 Å². The van der Waals surface area contributed by atoms with Crippen LogP contribution in [0.4, 0.5) is 0 Å². The quantitative estimate of drug-likeness (QED) is 0.701. The molecule has 0 atom stereocenters. The fraction of sp³-hybridized carbons (Fsp3) is 0.571. The average Bonchev–Trinajstić information content (AvgIpc) is 2.27. The summed E-state index contributed by atoms with van der Waals surface area (Å²) in [5.41, 5.74) is 1.27. The van der Waals surface area contributed by atoms with Crippen LogP contribution in [0.2, 0.25) is 18.1 Å². The van der Waals surface area contributed by atoms with Crippen molar-refractivity contribution in [3.05, 3.63) is 28.2 Å². The minimum Gasteiger partial charge on any atom is -0.493 e. The number of ether oxygens (including phenoxy) is 1. The highest BCUT2D eigenvalue weighted by atomic mass is 79.9. The standard InChI is InChI=1S/C14H22BrOSi/c1-6-11-9-12(15)7-8-13(11)16-10-14(2,3)17(4)5/h7-9H,6,10H2,1-5H3. The second-order valence-electron chi connectivity index (χ2n) is 5.28. The van der Waals surface area contributed by atoms with E-state index < -0.39 is 0 Å². The summed E-state index contributed by atoms with van der Waals surface area (Å²) < 4.78 is 7.14. The molecule has 0 aliphatic rings. The van der Waals surface area contributed by atoms with E-state index in [1.165, 1.54) is 5.56 Å². The summed E-state index contributed by atoms with van der Waals surface area (Å²) in [6.07, 6.45) is 1.01. The Morgan fingerprint density at radius 3 is 2.47 bits per heavy atom. The second kappa shape index (κ2) is 6.05. The largest absolute Gasteiger partial charge is 0.493 e. The van der Waals surface area contributed by atoms with Crippen LogP contribution in [0.1, 0.15) is 26.3 Å². The summed E-state index contributed by atoms with van der Waals surface area (Å²) in [6, 6.07) is 6.26. The normalized spacial score (nSPS) is 11.9. The number of aryl methyl sites for hydroxylation is 1. The molecule has 0 aliphatic heterocycles. The Labute approximate surface area is 115 Å². The first kappa shape index (κ1) is 14.8. The second-order valence-corrected chi connectivity index (χ2v) is 9.55. The van der Waals surface area contributed by atoms with Crippen LogP contribution >= 0.6 is 15.9 Å². The molecule has 0 unspecified atom stereocenters. The molecule has 0 aliphatic carbocycles. The van der Waals surface area contributed by atoms with Crippen LogP contribution in [0.5, 0.6) is 5.75 Å². The molecule has 0 amide bonds. The molecule has 1 radical (unpaired) electrons. The van der Waals surface area contributed by atoms with Crippen LogP contribution in [-0.4, -0.2) is 15.4 Å². The van der Waals surface area contributed by atoms with Gasteiger partial charge in [-0.05, 0) is 35.2 Å². The van der Waals surface area contributed by atoms with Crippen molar-refractivity contribution in [2.45, 2.75) is 45.3 Å². The minimum absolute atomic E-state index is 0.308. The van der Waals surface area contributed by atoms with Gasteiger partial charge in [-0.1, -0.05) is 49.8 Å². The van der Waals surface area contributed by atoms with Crippen LogP contribution in [0.25, 0.3) is 0 Å². The van der Waals surface area contributed by atoms with Gasteiger partial charge in [-0.3, -0.25) is 0 Å². The molecule has 0 aromatic heterocycles. The Morgan fingerprint density at radius 1 is 1.29 bits per heavy atom. The van der Waals surface area contributed by atoms with Crippen LogP contribution < -0.4 is 4.74 Å². The van der Waals surface area contributed by atoms with E-state index in [0.29, 0.717) is 5.04 Å². The van der Waals surface area contributed by atoms with E-state index in [9.17, 15) is 0 Å². The van der Waals surface area contributed by atoms with E-state index in [4.69, 9.17) is 4.74 Å². The molecule has 0 N–H and O–H groups in total. The summed E-state index contributed by atoms with van der Waals surface area (Å²) in [5.74, 6) is 1.03. The van der Waals surface area contributed by atoms with Crippen molar-refractivity contribution in [2.75, 3.05) is 6.61 Å². The summed E-state index contributed by atoms with van der Waals surface area (Å²) in [6.45, 7) is 12.3. The lowest BCUT2D eigenvalue weighted by molar-refractivity contribution is 0.274. The van der Waals surface area contributed by atoms with Crippen LogP contribution in [0.15, 0.2) is 22.7 Å². The molecule has 1 nitrogen and oxygen atoms in total. The number of halogens is 1. The molecule has 95 valence electrons. The Bertz CT molecular complexity index is 374.